The fraction of sp³-hybridized carbons (Fsp3) is 0. The van der Waals surface area contributed by atoms with Crippen LogP contribution < -0.4 is 20.4 Å². The molecule has 0 N–H and O–H groups in total. The molecule has 0 spiro atoms. The average molecular weight is 234 g/mol. The van der Waals surface area contributed by atoms with Crippen LogP contribution in [0, 0.1) is 0 Å². The Morgan fingerprint density at radius 2 is 0.800 bits per heavy atom. The van der Waals surface area contributed by atoms with Gasteiger partial charge in [0.25, 0.3) is 0 Å². The van der Waals surface area contributed by atoms with Gasteiger partial charge in [-0.3, -0.25) is 0 Å². The quantitative estimate of drug-likeness (QED) is 0.386. The Balaban J connectivity index is -0.0000000300. The van der Waals surface area contributed by atoms with Gasteiger partial charge in [-0.05, 0) is 12.3 Å². The molecule has 0 aliphatic rings. The molecule has 0 aromatic rings. The van der Waals surface area contributed by atoms with Crippen LogP contribution in [0.1, 0.15) is 0 Å². The van der Waals surface area contributed by atoms with E-state index in [4.69, 9.17) is 30.0 Å². The summed E-state index contributed by atoms with van der Waals surface area (Å²) in [5.74, 6) is 0. The Morgan fingerprint density at radius 1 is 0.800 bits per heavy atom. The first-order valence-electron chi connectivity index (χ1n) is 1.22. The second-order valence-electron chi connectivity index (χ2n) is 0.500. The molecule has 6 nitrogen and oxygen atoms in total. The Morgan fingerprint density at radius 3 is 0.800 bits per heavy atom. The molecule has 0 rings (SSSR count). The summed E-state index contributed by atoms with van der Waals surface area (Å²) in [5.41, 5.74) is 0. The maximum atomic E-state index is 8.33. The van der Waals surface area contributed by atoms with Crippen LogP contribution in [0.2, 0.25) is 0 Å². The van der Waals surface area contributed by atoms with Gasteiger partial charge in [0.1, 0.15) is 0 Å². The molecule has 0 heterocycles. The van der Waals surface area contributed by atoms with Crippen molar-refractivity contribution < 1.29 is 63.6 Å². The second-order valence-corrected chi connectivity index (χ2v) is 0.500. The van der Waals surface area contributed by atoms with Crippen LogP contribution in [-0.2, 0) is 33.6 Å². The van der Waals surface area contributed by atoms with Crippen molar-refractivity contribution in [1.29, 1.82) is 0 Å². The zero-order valence-electron chi connectivity index (χ0n) is 4.14. The summed E-state index contributed by atoms with van der Waals surface area (Å²) < 4.78 is 0. The van der Waals surface area contributed by atoms with Crippen molar-refractivity contribution >= 4 is 12.3 Å². The van der Waals surface area contributed by atoms with E-state index in [2.05, 4.69) is 0 Å². The van der Waals surface area contributed by atoms with Crippen LogP contribution in [0.3, 0.4) is 0 Å². The fourth-order valence-electron chi connectivity index (χ4n) is 0. The minimum atomic E-state index is -2.33. The zero-order valence-corrected chi connectivity index (χ0v) is 6.31. The first-order valence-corrected chi connectivity index (χ1v) is 1.22. The van der Waals surface area contributed by atoms with Crippen molar-refractivity contribution in [2.24, 2.45) is 0 Å². The summed E-state index contributed by atoms with van der Waals surface area (Å²) >= 11 is 0. The number of carbonyl (C=O) groups excluding carboxylic acids is 2. The third kappa shape index (κ3) is 1620. The summed E-state index contributed by atoms with van der Waals surface area (Å²) in [5, 5.41) is 33.3. The number of hydrogen-bond acceptors (Lipinski definition) is 6. The number of hydrogen-bond donors (Lipinski definition) is 0. The van der Waals surface area contributed by atoms with Gasteiger partial charge in [0, 0.05) is 0 Å². The van der Waals surface area contributed by atoms with E-state index >= 15 is 0 Å². The summed E-state index contributed by atoms with van der Waals surface area (Å²) in [7, 11) is 0. The first kappa shape index (κ1) is 22.7. The Kier molecular flexibility index (Phi) is 35.9. The molecular weight excluding hydrogens is 234 g/mol. The van der Waals surface area contributed by atoms with Crippen molar-refractivity contribution in [3.63, 3.8) is 0 Å². The van der Waals surface area contributed by atoms with E-state index in [0.717, 1.165) is 0 Å². The predicted octanol–water partition coefficient (Wildman–Crippen LogP) is -4.90. The summed E-state index contributed by atoms with van der Waals surface area (Å²) in [4.78, 5) is 16.7. The Hall–Kier alpha value is -0.447. The van der Waals surface area contributed by atoms with Gasteiger partial charge in [-0.2, -0.15) is 0 Å². The molecule has 0 atom stereocenters. The van der Waals surface area contributed by atoms with Gasteiger partial charge in [0.15, 0.2) is 0 Å². The van der Waals surface area contributed by atoms with Crippen LogP contribution in [-0.4, -0.2) is 12.3 Å². The summed E-state index contributed by atoms with van der Waals surface area (Å²) in [6, 6.07) is 0. The van der Waals surface area contributed by atoms with E-state index in [0.29, 0.717) is 0 Å². The van der Waals surface area contributed by atoms with E-state index in [1.54, 1.807) is 0 Å². The molecule has 0 amide bonds. The minimum Gasteiger partial charge on any atom is -0.652 e. The SMILES string of the molecule is O=C([O-])[O-].O=C([O-])[O-].[Mn+2].[Ni+2]. The van der Waals surface area contributed by atoms with E-state index in [9.17, 15) is 0 Å². The molecule has 0 unspecified atom stereocenters. The van der Waals surface area contributed by atoms with Gasteiger partial charge in [-0.1, -0.05) is 0 Å². The summed E-state index contributed by atoms with van der Waals surface area (Å²) in [6.45, 7) is 0. The van der Waals surface area contributed by atoms with Crippen LogP contribution in [0.25, 0.3) is 0 Å². The molecule has 0 bridgehead atoms. The molecular formula is C2MnNiO6. The minimum absolute atomic E-state index is 0. The Bertz CT molecular complexity index is 73.7. The monoisotopic (exact) mass is 233 g/mol. The summed E-state index contributed by atoms with van der Waals surface area (Å²) in [6.07, 6.45) is -4.67. The molecule has 10 heavy (non-hydrogen) atoms. The molecule has 0 fully saturated rings. The van der Waals surface area contributed by atoms with Gasteiger partial charge in [-0.15, -0.1) is 0 Å². The first-order chi connectivity index (χ1) is 3.46. The Labute approximate surface area is 76.3 Å². The molecule has 0 aliphatic carbocycles. The molecule has 61 valence electrons. The maximum absolute atomic E-state index is 8.33. The smallest absolute Gasteiger partial charge is 0.652 e. The molecule has 0 aromatic heterocycles. The second kappa shape index (κ2) is 15.8. The van der Waals surface area contributed by atoms with Gasteiger partial charge < -0.3 is 30.0 Å². The third-order valence-corrected chi connectivity index (χ3v) is 0. The largest absolute Gasteiger partial charge is 2.00 e. The maximum Gasteiger partial charge on any atom is 2.00 e. The normalized spacial score (nSPS) is 4.80. The van der Waals surface area contributed by atoms with Gasteiger partial charge >= 0.3 is 33.6 Å². The van der Waals surface area contributed by atoms with Gasteiger partial charge in [0.05, 0.1) is 0 Å². The van der Waals surface area contributed by atoms with E-state index in [1.807, 2.05) is 0 Å². The number of rotatable bonds is 0. The van der Waals surface area contributed by atoms with E-state index in [-0.39, 0.29) is 33.6 Å². The van der Waals surface area contributed by atoms with E-state index in [1.165, 1.54) is 0 Å². The molecule has 0 aromatic carbocycles. The van der Waals surface area contributed by atoms with Crippen LogP contribution >= 0.6 is 0 Å². The van der Waals surface area contributed by atoms with Crippen molar-refractivity contribution in [1.82, 2.24) is 0 Å². The van der Waals surface area contributed by atoms with Crippen LogP contribution in [0.15, 0.2) is 0 Å². The van der Waals surface area contributed by atoms with Gasteiger partial charge in [0.2, 0.25) is 0 Å². The molecule has 0 saturated heterocycles. The van der Waals surface area contributed by atoms with E-state index < -0.39 is 12.3 Å². The van der Waals surface area contributed by atoms with Crippen LogP contribution in [0.5, 0.6) is 0 Å². The van der Waals surface area contributed by atoms with Gasteiger partial charge in [-0.25, -0.2) is 0 Å². The fourth-order valence-corrected chi connectivity index (χ4v) is 0. The van der Waals surface area contributed by atoms with Crippen LogP contribution in [0.4, 0.5) is 9.59 Å². The molecule has 8 heteroatoms. The standard InChI is InChI=1S/2CH2O3.Mn.Ni/c2*2-1(3)4;;/h2*(H2,2,3,4);;/q;;2*+2/p-4. The zero-order chi connectivity index (χ0) is 7.15. The predicted molar refractivity (Wildman–Crippen MR) is 10.8 cm³/mol. The van der Waals surface area contributed by atoms with Crippen molar-refractivity contribution in [3.8, 4) is 0 Å². The third-order valence-electron chi connectivity index (χ3n) is 0. The molecule has 0 saturated carbocycles. The van der Waals surface area contributed by atoms with Crippen molar-refractivity contribution in [2.75, 3.05) is 0 Å². The average Bonchev–Trinajstić information content (AvgIpc) is 1.25. The van der Waals surface area contributed by atoms with Crippen molar-refractivity contribution in [2.45, 2.75) is 0 Å². The topological polar surface area (TPSA) is 126 Å². The number of carboxylic acid groups (broad SMARTS) is 4. The molecule has 1 radical (unpaired) electrons. The molecule has 0 aliphatic heterocycles. The number of carbonyl (C=O) groups is 2. The van der Waals surface area contributed by atoms with Crippen molar-refractivity contribution in [3.05, 3.63) is 0 Å².